The van der Waals surface area contributed by atoms with E-state index in [1.165, 1.54) is 4.31 Å². The van der Waals surface area contributed by atoms with Crippen molar-refractivity contribution in [2.75, 3.05) is 6.54 Å². The lowest BCUT2D eigenvalue weighted by atomic mass is 10.0. The van der Waals surface area contributed by atoms with Gasteiger partial charge in [-0.05, 0) is 24.8 Å². The van der Waals surface area contributed by atoms with E-state index in [9.17, 15) is 13.5 Å². The van der Waals surface area contributed by atoms with Crippen LogP contribution < -0.4 is 5.14 Å². The summed E-state index contributed by atoms with van der Waals surface area (Å²) in [6.45, 7) is 0.449. The van der Waals surface area contributed by atoms with Crippen LogP contribution in [0.25, 0.3) is 0 Å². The number of rotatable bonds is 4. The van der Waals surface area contributed by atoms with Gasteiger partial charge in [-0.25, -0.2) is 5.14 Å². The molecule has 1 aromatic rings. The maximum atomic E-state index is 11.4. The van der Waals surface area contributed by atoms with E-state index in [2.05, 4.69) is 0 Å². The van der Waals surface area contributed by atoms with Gasteiger partial charge in [0.05, 0.1) is 6.10 Å². The number of nitrogens with two attached hydrogens (primary N) is 1. The van der Waals surface area contributed by atoms with Crippen molar-refractivity contribution >= 4 is 10.2 Å². The SMILES string of the molecule is NS(=O)(=O)N1CCC[C@@H]1C[C@H](O)c1ccccc1. The van der Waals surface area contributed by atoms with E-state index in [0.717, 1.165) is 18.4 Å². The van der Waals surface area contributed by atoms with Crippen LogP contribution in [0.1, 0.15) is 30.9 Å². The topological polar surface area (TPSA) is 83.6 Å². The second-order valence-corrected chi connectivity index (χ2v) is 6.11. The van der Waals surface area contributed by atoms with E-state index in [0.29, 0.717) is 13.0 Å². The summed E-state index contributed by atoms with van der Waals surface area (Å²) < 4.78 is 24.1. The number of aliphatic hydroxyl groups is 1. The predicted octanol–water partition coefficient (Wildman–Crippen LogP) is 0.778. The van der Waals surface area contributed by atoms with Crippen molar-refractivity contribution < 1.29 is 13.5 Å². The van der Waals surface area contributed by atoms with Crippen LogP contribution in [0.5, 0.6) is 0 Å². The molecule has 1 saturated heterocycles. The monoisotopic (exact) mass is 270 g/mol. The van der Waals surface area contributed by atoms with Crippen LogP contribution in [0.4, 0.5) is 0 Å². The molecule has 0 spiro atoms. The minimum atomic E-state index is -3.66. The Labute approximate surface area is 107 Å². The Balaban J connectivity index is 2.05. The molecule has 0 radical (unpaired) electrons. The molecule has 100 valence electrons. The number of hydrogen-bond acceptors (Lipinski definition) is 3. The lowest BCUT2D eigenvalue weighted by Gasteiger charge is -2.24. The minimum Gasteiger partial charge on any atom is -0.388 e. The number of benzene rings is 1. The fourth-order valence-electron chi connectivity index (χ4n) is 2.45. The molecule has 5 nitrogen and oxygen atoms in total. The summed E-state index contributed by atoms with van der Waals surface area (Å²) in [7, 11) is -3.66. The summed E-state index contributed by atoms with van der Waals surface area (Å²) in [4.78, 5) is 0. The van der Waals surface area contributed by atoms with Gasteiger partial charge in [-0.15, -0.1) is 0 Å². The van der Waals surface area contributed by atoms with Crippen molar-refractivity contribution in [2.45, 2.75) is 31.4 Å². The fourth-order valence-corrected chi connectivity index (χ4v) is 3.44. The predicted molar refractivity (Wildman–Crippen MR) is 68.9 cm³/mol. The first-order valence-electron chi connectivity index (χ1n) is 6.01. The Kier molecular flexibility index (Phi) is 4.01. The molecule has 0 aromatic heterocycles. The van der Waals surface area contributed by atoms with Crippen LogP contribution in [0.3, 0.4) is 0 Å². The average molecular weight is 270 g/mol. The van der Waals surface area contributed by atoms with Gasteiger partial charge in [-0.3, -0.25) is 0 Å². The molecule has 3 N–H and O–H groups in total. The van der Waals surface area contributed by atoms with Gasteiger partial charge in [0.15, 0.2) is 0 Å². The molecule has 1 fully saturated rings. The van der Waals surface area contributed by atoms with Crippen LogP contribution in [0, 0.1) is 0 Å². The summed E-state index contributed by atoms with van der Waals surface area (Å²) in [5.41, 5.74) is 0.804. The van der Waals surface area contributed by atoms with Crippen LogP contribution in [-0.4, -0.2) is 30.4 Å². The molecule has 2 atom stereocenters. The van der Waals surface area contributed by atoms with Crippen molar-refractivity contribution in [1.29, 1.82) is 0 Å². The Hall–Kier alpha value is -0.950. The third kappa shape index (κ3) is 3.08. The van der Waals surface area contributed by atoms with Gasteiger partial charge in [0.1, 0.15) is 0 Å². The van der Waals surface area contributed by atoms with Gasteiger partial charge in [-0.2, -0.15) is 12.7 Å². The number of aliphatic hydroxyl groups excluding tert-OH is 1. The first-order chi connectivity index (χ1) is 8.48. The highest BCUT2D eigenvalue weighted by molar-refractivity contribution is 7.86. The van der Waals surface area contributed by atoms with Crippen LogP contribution in [-0.2, 0) is 10.2 Å². The van der Waals surface area contributed by atoms with E-state index in [-0.39, 0.29) is 6.04 Å². The van der Waals surface area contributed by atoms with Crippen molar-refractivity contribution in [3.05, 3.63) is 35.9 Å². The highest BCUT2D eigenvalue weighted by Gasteiger charge is 2.33. The molecule has 2 rings (SSSR count). The Bertz CT molecular complexity index is 489. The largest absolute Gasteiger partial charge is 0.388 e. The molecule has 1 aromatic carbocycles. The van der Waals surface area contributed by atoms with E-state index >= 15 is 0 Å². The molecule has 1 aliphatic rings. The molecular weight excluding hydrogens is 252 g/mol. The smallest absolute Gasteiger partial charge is 0.277 e. The van der Waals surface area contributed by atoms with E-state index in [1.54, 1.807) is 0 Å². The summed E-state index contributed by atoms with van der Waals surface area (Å²) in [5, 5.41) is 15.3. The molecule has 1 aliphatic heterocycles. The molecule has 1 heterocycles. The Morgan fingerprint density at radius 3 is 2.67 bits per heavy atom. The van der Waals surface area contributed by atoms with Crippen LogP contribution in [0.2, 0.25) is 0 Å². The van der Waals surface area contributed by atoms with Gasteiger partial charge in [0.25, 0.3) is 10.2 Å². The molecule has 0 unspecified atom stereocenters. The van der Waals surface area contributed by atoms with Gasteiger partial charge in [0, 0.05) is 12.6 Å². The van der Waals surface area contributed by atoms with Crippen molar-refractivity contribution in [3.8, 4) is 0 Å². The number of hydrogen-bond donors (Lipinski definition) is 2. The molecule has 0 amide bonds. The standard InChI is InChI=1S/C12H18N2O3S/c13-18(16,17)14-8-4-7-11(14)9-12(15)10-5-2-1-3-6-10/h1-3,5-6,11-12,15H,4,7-9H2,(H2,13,16,17)/t11-,12+/m1/s1. The van der Waals surface area contributed by atoms with Crippen molar-refractivity contribution in [1.82, 2.24) is 4.31 Å². The van der Waals surface area contributed by atoms with Crippen LogP contribution >= 0.6 is 0 Å². The highest BCUT2D eigenvalue weighted by Crippen LogP contribution is 2.28. The van der Waals surface area contributed by atoms with Gasteiger partial charge in [0.2, 0.25) is 0 Å². The molecule has 18 heavy (non-hydrogen) atoms. The van der Waals surface area contributed by atoms with Crippen molar-refractivity contribution in [2.24, 2.45) is 5.14 Å². The second-order valence-electron chi connectivity index (χ2n) is 4.61. The van der Waals surface area contributed by atoms with Crippen molar-refractivity contribution in [3.63, 3.8) is 0 Å². The summed E-state index contributed by atoms with van der Waals surface area (Å²) in [6.07, 6.45) is 1.28. The normalized spacial score (nSPS) is 23.1. The van der Waals surface area contributed by atoms with E-state index in [1.807, 2.05) is 30.3 Å². The lowest BCUT2D eigenvalue weighted by molar-refractivity contribution is 0.142. The zero-order valence-electron chi connectivity index (χ0n) is 10.1. The number of nitrogens with zero attached hydrogens (tertiary/aromatic N) is 1. The lowest BCUT2D eigenvalue weighted by Crippen LogP contribution is -2.40. The Morgan fingerprint density at radius 2 is 2.06 bits per heavy atom. The molecule has 6 heteroatoms. The zero-order chi connectivity index (χ0) is 13.2. The van der Waals surface area contributed by atoms with E-state index in [4.69, 9.17) is 5.14 Å². The highest BCUT2D eigenvalue weighted by atomic mass is 32.2. The maximum absolute atomic E-state index is 11.4. The van der Waals surface area contributed by atoms with Gasteiger partial charge in [-0.1, -0.05) is 30.3 Å². The first kappa shape index (κ1) is 13.5. The van der Waals surface area contributed by atoms with Crippen LogP contribution in [0.15, 0.2) is 30.3 Å². The molecular formula is C12H18N2O3S. The maximum Gasteiger partial charge on any atom is 0.277 e. The van der Waals surface area contributed by atoms with Gasteiger partial charge >= 0.3 is 0 Å². The average Bonchev–Trinajstić information content (AvgIpc) is 2.78. The third-order valence-electron chi connectivity index (χ3n) is 3.33. The summed E-state index contributed by atoms with van der Waals surface area (Å²) >= 11 is 0. The quantitative estimate of drug-likeness (QED) is 0.848. The second kappa shape index (κ2) is 5.36. The summed E-state index contributed by atoms with van der Waals surface area (Å²) in [6, 6.07) is 9.05. The fraction of sp³-hybridized carbons (Fsp3) is 0.500. The van der Waals surface area contributed by atoms with Gasteiger partial charge < -0.3 is 5.11 Å². The molecule has 0 saturated carbocycles. The van der Waals surface area contributed by atoms with E-state index < -0.39 is 16.3 Å². The summed E-state index contributed by atoms with van der Waals surface area (Å²) in [5.74, 6) is 0. The minimum absolute atomic E-state index is 0.199. The zero-order valence-corrected chi connectivity index (χ0v) is 10.9. The third-order valence-corrected chi connectivity index (χ3v) is 4.46. The first-order valence-corrected chi connectivity index (χ1v) is 7.51. The molecule has 0 bridgehead atoms. The molecule has 0 aliphatic carbocycles. The Morgan fingerprint density at radius 1 is 1.39 bits per heavy atom.